The van der Waals surface area contributed by atoms with Gasteiger partial charge in [-0.3, -0.25) is 4.79 Å². The van der Waals surface area contributed by atoms with Crippen molar-refractivity contribution >= 4 is 16.0 Å². The molecule has 15 heavy (non-hydrogen) atoms. The van der Waals surface area contributed by atoms with Crippen molar-refractivity contribution in [1.29, 1.82) is 0 Å². The number of rotatable bonds is 4. The van der Waals surface area contributed by atoms with Gasteiger partial charge in [0, 0.05) is 13.1 Å². The Morgan fingerprint density at radius 3 is 2.53 bits per heavy atom. The second-order valence-electron chi connectivity index (χ2n) is 3.33. The normalized spacial score (nSPS) is 18.7. The van der Waals surface area contributed by atoms with E-state index in [4.69, 9.17) is 0 Å². The number of carbonyl (C=O) groups excluding carboxylic acids is 1. The molecule has 0 bridgehead atoms. The Bertz CT molecular complexity index is 306. The zero-order valence-electron chi connectivity index (χ0n) is 8.81. The summed E-state index contributed by atoms with van der Waals surface area (Å²) in [5, 5.41) is 0. The summed E-state index contributed by atoms with van der Waals surface area (Å²) >= 11 is 0. The molecule has 1 rings (SSSR count). The summed E-state index contributed by atoms with van der Waals surface area (Å²) in [5.41, 5.74) is 0. The number of hydrogen-bond acceptors (Lipinski definition) is 4. The van der Waals surface area contributed by atoms with E-state index in [1.807, 2.05) is 0 Å². The standard InChI is InChI=1S/C9H16NO4S/c1-2-14-9(11)8-15(12,13)10-6-4-3-5-7-10/h3H,2,4-8H2,1H3. The Hall–Kier alpha value is -0.620. The average molecular weight is 234 g/mol. The van der Waals surface area contributed by atoms with Crippen molar-refractivity contribution in [3.63, 3.8) is 0 Å². The third kappa shape index (κ3) is 3.79. The van der Waals surface area contributed by atoms with Gasteiger partial charge in [-0.1, -0.05) is 0 Å². The van der Waals surface area contributed by atoms with Crippen molar-refractivity contribution in [3.8, 4) is 0 Å². The molecule has 1 radical (unpaired) electrons. The molecule has 0 amide bonds. The minimum atomic E-state index is -3.47. The minimum absolute atomic E-state index is 0.210. The first-order valence-corrected chi connectivity index (χ1v) is 6.62. The van der Waals surface area contributed by atoms with Gasteiger partial charge in [-0.15, -0.1) is 0 Å². The number of sulfonamides is 1. The fraction of sp³-hybridized carbons (Fsp3) is 0.778. The van der Waals surface area contributed by atoms with E-state index in [2.05, 4.69) is 11.2 Å². The van der Waals surface area contributed by atoms with E-state index in [-0.39, 0.29) is 6.61 Å². The van der Waals surface area contributed by atoms with Gasteiger partial charge < -0.3 is 4.74 Å². The van der Waals surface area contributed by atoms with Crippen LogP contribution in [-0.2, 0) is 19.6 Å². The van der Waals surface area contributed by atoms with E-state index in [1.165, 1.54) is 4.31 Å². The maximum absolute atomic E-state index is 11.7. The summed E-state index contributed by atoms with van der Waals surface area (Å²) in [4.78, 5) is 11.1. The Labute approximate surface area is 90.4 Å². The van der Waals surface area contributed by atoms with E-state index >= 15 is 0 Å². The Kier molecular flexibility index (Phi) is 4.53. The molecule has 0 aliphatic carbocycles. The lowest BCUT2D eigenvalue weighted by molar-refractivity contribution is -0.140. The number of hydrogen-bond donors (Lipinski definition) is 0. The van der Waals surface area contributed by atoms with Gasteiger partial charge in [-0.05, 0) is 26.2 Å². The molecule has 5 nitrogen and oxygen atoms in total. The fourth-order valence-corrected chi connectivity index (χ4v) is 2.78. The van der Waals surface area contributed by atoms with Crippen LogP contribution >= 0.6 is 0 Å². The van der Waals surface area contributed by atoms with Crippen LogP contribution in [0.2, 0.25) is 0 Å². The quantitative estimate of drug-likeness (QED) is 0.651. The molecule has 87 valence electrons. The van der Waals surface area contributed by atoms with Crippen LogP contribution in [0.15, 0.2) is 0 Å². The van der Waals surface area contributed by atoms with Crippen LogP contribution < -0.4 is 0 Å². The Balaban J connectivity index is 2.53. The van der Waals surface area contributed by atoms with E-state index in [1.54, 1.807) is 6.92 Å². The fourth-order valence-electron chi connectivity index (χ4n) is 1.45. The first-order chi connectivity index (χ1) is 7.06. The summed E-state index contributed by atoms with van der Waals surface area (Å²) < 4.78 is 29.3. The molecular weight excluding hydrogens is 218 g/mol. The van der Waals surface area contributed by atoms with Gasteiger partial charge in [0.25, 0.3) is 0 Å². The molecule has 0 saturated carbocycles. The van der Waals surface area contributed by atoms with E-state index in [0.29, 0.717) is 13.1 Å². The predicted molar refractivity (Wildman–Crippen MR) is 55.5 cm³/mol. The second kappa shape index (κ2) is 5.46. The maximum atomic E-state index is 11.7. The summed E-state index contributed by atoms with van der Waals surface area (Å²) in [5.74, 6) is -1.21. The third-order valence-electron chi connectivity index (χ3n) is 2.16. The van der Waals surface area contributed by atoms with Gasteiger partial charge in [0.05, 0.1) is 6.61 Å². The Morgan fingerprint density at radius 1 is 1.40 bits per heavy atom. The molecule has 1 heterocycles. The lowest BCUT2D eigenvalue weighted by Crippen LogP contribution is -2.39. The lowest BCUT2D eigenvalue weighted by atomic mass is 10.2. The molecule has 0 atom stereocenters. The van der Waals surface area contributed by atoms with Gasteiger partial charge >= 0.3 is 5.97 Å². The van der Waals surface area contributed by atoms with Crippen LogP contribution in [0.5, 0.6) is 0 Å². The number of piperidine rings is 1. The largest absolute Gasteiger partial charge is 0.465 e. The molecular formula is C9H16NO4S. The molecule has 6 heteroatoms. The van der Waals surface area contributed by atoms with E-state index < -0.39 is 21.7 Å². The van der Waals surface area contributed by atoms with Crippen molar-refractivity contribution in [2.45, 2.75) is 19.8 Å². The third-order valence-corrected chi connectivity index (χ3v) is 3.92. The van der Waals surface area contributed by atoms with Crippen molar-refractivity contribution < 1.29 is 17.9 Å². The molecule has 0 spiro atoms. The van der Waals surface area contributed by atoms with Crippen LogP contribution in [0.25, 0.3) is 0 Å². The lowest BCUT2D eigenvalue weighted by Gasteiger charge is -2.25. The second-order valence-corrected chi connectivity index (χ2v) is 5.30. The van der Waals surface area contributed by atoms with Crippen LogP contribution in [0, 0.1) is 6.42 Å². The topological polar surface area (TPSA) is 63.7 Å². The van der Waals surface area contributed by atoms with E-state index in [0.717, 1.165) is 12.8 Å². The SMILES string of the molecule is CCOC(=O)CS(=O)(=O)N1CC[CH]CC1. The van der Waals surface area contributed by atoms with Crippen LogP contribution in [0.1, 0.15) is 19.8 Å². The molecule has 1 saturated heterocycles. The minimum Gasteiger partial charge on any atom is -0.465 e. The van der Waals surface area contributed by atoms with Gasteiger partial charge in [-0.25, -0.2) is 12.7 Å². The van der Waals surface area contributed by atoms with Gasteiger partial charge in [0.15, 0.2) is 5.75 Å². The average Bonchev–Trinajstić information content (AvgIpc) is 2.18. The van der Waals surface area contributed by atoms with Gasteiger partial charge in [0.2, 0.25) is 10.0 Å². The van der Waals surface area contributed by atoms with E-state index in [9.17, 15) is 13.2 Å². The predicted octanol–water partition coefficient (Wildman–Crippen LogP) is 0.179. The molecule has 1 fully saturated rings. The maximum Gasteiger partial charge on any atom is 0.322 e. The molecule has 0 aromatic rings. The van der Waals surface area contributed by atoms with Crippen LogP contribution in [-0.4, -0.2) is 44.1 Å². The molecule has 0 N–H and O–H groups in total. The van der Waals surface area contributed by atoms with Crippen molar-refractivity contribution in [1.82, 2.24) is 4.31 Å². The zero-order valence-corrected chi connectivity index (χ0v) is 9.62. The summed E-state index contributed by atoms with van der Waals surface area (Å²) in [6.45, 7) is 2.81. The molecule has 1 aliphatic heterocycles. The molecule has 1 aliphatic rings. The summed E-state index contributed by atoms with van der Waals surface area (Å²) in [6.07, 6.45) is 3.56. The van der Waals surface area contributed by atoms with Crippen LogP contribution in [0.4, 0.5) is 0 Å². The highest BCUT2D eigenvalue weighted by Gasteiger charge is 2.26. The summed E-state index contributed by atoms with van der Waals surface area (Å²) in [6, 6.07) is 0. The number of carbonyl (C=O) groups is 1. The monoisotopic (exact) mass is 234 g/mol. The van der Waals surface area contributed by atoms with Gasteiger partial charge in [-0.2, -0.15) is 0 Å². The Morgan fingerprint density at radius 2 is 2.00 bits per heavy atom. The molecule has 0 unspecified atom stereocenters. The zero-order chi connectivity index (χ0) is 11.3. The van der Waals surface area contributed by atoms with Gasteiger partial charge in [0.1, 0.15) is 0 Å². The van der Waals surface area contributed by atoms with Crippen molar-refractivity contribution in [2.75, 3.05) is 25.4 Å². The van der Waals surface area contributed by atoms with Crippen LogP contribution in [0.3, 0.4) is 0 Å². The molecule has 0 aromatic heterocycles. The smallest absolute Gasteiger partial charge is 0.322 e. The summed E-state index contributed by atoms with van der Waals surface area (Å²) in [7, 11) is -3.47. The first-order valence-electron chi connectivity index (χ1n) is 5.01. The van der Waals surface area contributed by atoms with Crippen molar-refractivity contribution in [3.05, 3.63) is 6.42 Å². The molecule has 0 aromatic carbocycles. The number of esters is 1. The first kappa shape index (κ1) is 12.4. The number of nitrogens with zero attached hydrogens (tertiary/aromatic N) is 1. The highest BCUT2D eigenvalue weighted by Crippen LogP contribution is 2.12. The number of ether oxygens (including phenoxy) is 1. The highest BCUT2D eigenvalue weighted by atomic mass is 32.2. The van der Waals surface area contributed by atoms with Crippen molar-refractivity contribution in [2.24, 2.45) is 0 Å². The highest BCUT2D eigenvalue weighted by molar-refractivity contribution is 7.89.